The molecule has 21 heavy (non-hydrogen) atoms. The second-order valence-corrected chi connectivity index (χ2v) is 5.33. The summed E-state index contributed by atoms with van der Waals surface area (Å²) in [5.41, 5.74) is 3.56. The van der Waals surface area contributed by atoms with E-state index in [1.54, 1.807) is 0 Å². The van der Waals surface area contributed by atoms with Gasteiger partial charge in [0.15, 0.2) is 0 Å². The summed E-state index contributed by atoms with van der Waals surface area (Å²) in [7, 11) is 0. The molecule has 2 aromatic carbocycles. The van der Waals surface area contributed by atoms with E-state index < -0.39 is 0 Å². The van der Waals surface area contributed by atoms with Crippen molar-refractivity contribution in [3.63, 3.8) is 0 Å². The van der Waals surface area contributed by atoms with Crippen LogP contribution in [0.2, 0.25) is 5.02 Å². The van der Waals surface area contributed by atoms with E-state index in [1.165, 1.54) is 0 Å². The first-order valence-corrected chi connectivity index (χ1v) is 7.35. The lowest BCUT2D eigenvalue weighted by molar-refractivity contribution is 0.0951. The van der Waals surface area contributed by atoms with Gasteiger partial charge in [-0.05, 0) is 43.7 Å². The molecule has 0 spiro atoms. The molecule has 0 bridgehead atoms. The van der Waals surface area contributed by atoms with Crippen LogP contribution in [0.1, 0.15) is 28.4 Å². The number of nitrogens with one attached hydrogen (secondary N) is 2. The van der Waals surface area contributed by atoms with Gasteiger partial charge in [-0.15, -0.1) is 0 Å². The van der Waals surface area contributed by atoms with Crippen LogP contribution in [0.25, 0.3) is 0 Å². The molecule has 110 valence electrons. The van der Waals surface area contributed by atoms with Gasteiger partial charge >= 0.3 is 0 Å². The van der Waals surface area contributed by atoms with Crippen molar-refractivity contribution in [1.82, 2.24) is 5.32 Å². The fourth-order valence-corrected chi connectivity index (χ4v) is 2.33. The van der Waals surface area contributed by atoms with Crippen LogP contribution in [-0.2, 0) is 6.54 Å². The minimum atomic E-state index is -0.0883. The van der Waals surface area contributed by atoms with Crippen molar-refractivity contribution in [2.45, 2.75) is 20.4 Å². The summed E-state index contributed by atoms with van der Waals surface area (Å²) in [4.78, 5) is 12.4. The number of hydrogen-bond acceptors (Lipinski definition) is 2. The summed E-state index contributed by atoms with van der Waals surface area (Å²) in [6.07, 6.45) is 0. The van der Waals surface area contributed by atoms with E-state index in [4.69, 9.17) is 11.6 Å². The molecule has 0 fully saturated rings. The number of rotatable bonds is 5. The third kappa shape index (κ3) is 4.23. The predicted molar refractivity (Wildman–Crippen MR) is 88.0 cm³/mol. The Bertz CT molecular complexity index is 640. The number of carbonyl (C=O) groups is 1. The van der Waals surface area contributed by atoms with Crippen LogP contribution in [0.3, 0.4) is 0 Å². The average molecular weight is 303 g/mol. The molecule has 0 aliphatic carbocycles. The molecule has 0 atom stereocenters. The Labute approximate surface area is 130 Å². The largest absolute Gasteiger partial charge is 0.385 e. The minimum Gasteiger partial charge on any atom is -0.385 e. The van der Waals surface area contributed by atoms with Crippen molar-refractivity contribution in [2.24, 2.45) is 0 Å². The standard InChI is InChI=1S/C17H19ClN2O/c1-3-19-16-8-7-12(2)9-15(16)17(21)20-11-13-5-4-6-14(18)10-13/h4-10,19H,3,11H2,1-2H3,(H,20,21). The van der Waals surface area contributed by atoms with Crippen LogP contribution in [0, 0.1) is 6.92 Å². The van der Waals surface area contributed by atoms with Gasteiger partial charge in [-0.1, -0.05) is 35.4 Å². The molecule has 0 heterocycles. The van der Waals surface area contributed by atoms with Crippen LogP contribution in [0.4, 0.5) is 5.69 Å². The van der Waals surface area contributed by atoms with E-state index in [0.29, 0.717) is 17.1 Å². The number of carbonyl (C=O) groups excluding carboxylic acids is 1. The number of amides is 1. The summed E-state index contributed by atoms with van der Waals surface area (Å²) in [5.74, 6) is -0.0883. The van der Waals surface area contributed by atoms with E-state index in [-0.39, 0.29) is 5.91 Å². The Morgan fingerprint density at radius 3 is 2.71 bits per heavy atom. The summed E-state index contributed by atoms with van der Waals surface area (Å²) < 4.78 is 0. The molecule has 2 N–H and O–H groups in total. The molecule has 0 aliphatic rings. The van der Waals surface area contributed by atoms with Crippen LogP contribution >= 0.6 is 11.6 Å². The van der Waals surface area contributed by atoms with E-state index >= 15 is 0 Å². The second-order valence-electron chi connectivity index (χ2n) is 4.89. The van der Waals surface area contributed by atoms with Gasteiger partial charge in [-0.3, -0.25) is 4.79 Å². The van der Waals surface area contributed by atoms with Crippen molar-refractivity contribution in [1.29, 1.82) is 0 Å². The van der Waals surface area contributed by atoms with Crippen LogP contribution in [0.15, 0.2) is 42.5 Å². The predicted octanol–water partition coefficient (Wildman–Crippen LogP) is 4.01. The summed E-state index contributed by atoms with van der Waals surface area (Å²) in [6, 6.07) is 13.3. The molecule has 2 rings (SSSR count). The van der Waals surface area contributed by atoms with E-state index in [2.05, 4.69) is 10.6 Å². The van der Waals surface area contributed by atoms with Crippen molar-refractivity contribution < 1.29 is 4.79 Å². The average Bonchev–Trinajstić information content (AvgIpc) is 2.47. The third-order valence-electron chi connectivity index (χ3n) is 3.13. The van der Waals surface area contributed by atoms with Gasteiger partial charge in [-0.2, -0.15) is 0 Å². The van der Waals surface area contributed by atoms with Gasteiger partial charge in [0.1, 0.15) is 0 Å². The summed E-state index contributed by atoms with van der Waals surface area (Å²) in [5, 5.41) is 6.81. The maximum Gasteiger partial charge on any atom is 0.253 e. The second kappa shape index (κ2) is 7.14. The first kappa shape index (κ1) is 15.4. The highest BCUT2D eigenvalue weighted by Crippen LogP contribution is 2.17. The van der Waals surface area contributed by atoms with Crippen LogP contribution < -0.4 is 10.6 Å². The molecule has 0 radical (unpaired) electrons. The van der Waals surface area contributed by atoms with Crippen molar-refractivity contribution in [3.05, 3.63) is 64.2 Å². The highest BCUT2D eigenvalue weighted by Gasteiger charge is 2.11. The molecular weight excluding hydrogens is 284 g/mol. The number of halogens is 1. The molecule has 4 heteroatoms. The monoisotopic (exact) mass is 302 g/mol. The quantitative estimate of drug-likeness (QED) is 0.876. The van der Waals surface area contributed by atoms with Crippen molar-refractivity contribution in [2.75, 3.05) is 11.9 Å². The molecule has 0 unspecified atom stereocenters. The topological polar surface area (TPSA) is 41.1 Å². The fraction of sp³-hybridized carbons (Fsp3) is 0.235. The molecule has 0 saturated heterocycles. The highest BCUT2D eigenvalue weighted by molar-refractivity contribution is 6.30. The van der Waals surface area contributed by atoms with Gasteiger partial charge in [0.25, 0.3) is 5.91 Å². The van der Waals surface area contributed by atoms with E-state index in [0.717, 1.165) is 23.4 Å². The van der Waals surface area contributed by atoms with Gasteiger partial charge in [0.05, 0.1) is 5.56 Å². The number of anilines is 1. The maximum absolute atomic E-state index is 12.4. The molecule has 0 saturated carbocycles. The smallest absolute Gasteiger partial charge is 0.253 e. The zero-order chi connectivity index (χ0) is 15.2. The first-order chi connectivity index (χ1) is 10.1. The molecule has 3 nitrogen and oxygen atoms in total. The zero-order valence-corrected chi connectivity index (χ0v) is 13.0. The Balaban J connectivity index is 2.11. The van der Waals surface area contributed by atoms with Gasteiger partial charge < -0.3 is 10.6 Å². The summed E-state index contributed by atoms with van der Waals surface area (Å²) in [6.45, 7) is 5.22. The lowest BCUT2D eigenvalue weighted by Gasteiger charge is -2.12. The Hall–Kier alpha value is -2.00. The lowest BCUT2D eigenvalue weighted by atomic mass is 10.1. The van der Waals surface area contributed by atoms with Crippen LogP contribution in [-0.4, -0.2) is 12.5 Å². The third-order valence-corrected chi connectivity index (χ3v) is 3.36. The molecule has 0 aromatic heterocycles. The van der Waals surface area contributed by atoms with Gasteiger partial charge in [-0.25, -0.2) is 0 Å². The first-order valence-electron chi connectivity index (χ1n) is 6.97. The number of aryl methyl sites for hydroxylation is 1. The van der Waals surface area contributed by atoms with Gasteiger partial charge in [0.2, 0.25) is 0 Å². The minimum absolute atomic E-state index is 0.0883. The Morgan fingerprint density at radius 2 is 2.00 bits per heavy atom. The number of benzene rings is 2. The molecule has 2 aromatic rings. The molecule has 1 amide bonds. The van der Waals surface area contributed by atoms with Crippen molar-refractivity contribution >= 4 is 23.2 Å². The normalized spacial score (nSPS) is 10.2. The molecule has 0 aliphatic heterocycles. The summed E-state index contributed by atoms with van der Waals surface area (Å²) >= 11 is 5.94. The lowest BCUT2D eigenvalue weighted by Crippen LogP contribution is -2.24. The zero-order valence-electron chi connectivity index (χ0n) is 12.2. The Morgan fingerprint density at radius 1 is 1.19 bits per heavy atom. The molecular formula is C17H19ClN2O. The van der Waals surface area contributed by atoms with Crippen LogP contribution in [0.5, 0.6) is 0 Å². The maximum atomic E-state index is 12.4. The highest BCUT2D eigenvalue weighted by atomic mass is 35.5. The Kier molecular flexibility index (Phi) is 5.23. The fourth-order valence-electron chi connectivity index (χ4n) is 2.12. The van der Waals surface area contributed by atoms with E-state index in [9.17, 15) is 4.79 Å². The van der Waals surface area contributed by atoms with Crippen molar-refractivity contribution in [3.8, 4) is 0 Å². The number of hydrogen-bond donors (Lipinski definition) is 2. The van der Waals surface area contributed by atoms with Gasteiger partial charge in [0, 0.05) is 23.8 Å². The SMILES string of the molecule is CCNc1ccc(C)cc1C(=O)NCc1cccc(Cl)c1. The van der Waals surface area contributed by atoms with E-state index in [1.807, 2.05) is 56.3 Å².